The number of anilines is 2. The highest BCUT2D eigenvalue weighted by molar-refractivity contribution is 6.02. The van der Waals surface area contributed by atoms with E-state index in [-0.39, 0.29) is 5.41 Å². The van der Waals surface area contributed by atoms with Crippen molar-refractivity contribution in [3.63, 3.8) is 0 Å². The van der Waals surface area contributed by atoms with Gasteiger partial charge in [-0.05, 0) is 30.0 Å². The van der Waals surface area contributed by atoms with Crippen LogP contribution in [0, 0.1) is 12.8 Å². The van der Waals surface area contributed by atoms with Crippen molar-refractivity contribution in [2.75, 3.05) is 4.90 Å². The highest BCUT2D eigenvalue weighted by atomic mass is 15.3. The fourth-order valence-electron chi connectivity index (χ4n) is 5.09. The molecule has 0 aromatic heterocycles. The minimum absolute atomic E-state index is 0.166. The Morgan fingerprint density at radius 1 is 0.880 bits per heavy atom. The number of benzene rings is 3. The second kappa shape index (κ2) is 4.43. The Bertz CT molecular complexity index is 1070. The lowest BCUT2D eigenvalue weighted by atomic mass is 9.88. The van der Waals surface area contributed by atoms with Crippen LogP contribution in [0.5, 0.6) is 0 Å². The minimum atomic E-state index is 0.166. The minimum Gasteiger partial charge on any atom is -0.336 e. The van der Waals surface area contributed by atoms with Gasteiger partial charge in [-0.15, -0.1) is 0 Å². The van der Waals surface area contributed by atoms with E-state index in [4.69, 9.17) is 0 Å². The number of aryl methyl sites for hydroxylation is 1. The van der Waals surface area contributed by atoms with Crippen molar-refractivity contribution in [1.82, 2.24) is 0 Å². The van der Waals surface area contributed by atoms with Gasteiger partial charge in [0.1, 0.15) is 0 Å². The topological polar surface area (TPSA) is 3.24 Å². The number of hydrogen-bond donors (Lipinski definition) is 0. The van der Waals surface area contributed by atoms with Gasteiger partial charge in [0, 0.05) is 22.4 Å². The zero-order valence-electron chi connectivity index (χ0n) is 14.2. The third-order valence-electron chi connectivity index (χ3n) is 6.27. The first kappa shape index (κ1) is 13.5. The maximum Gasteiger partial charge on any atom is 0.0556 e. The molecule has 0 amide bonds. The summed E-state index contributed by atoms with van der Waals surface area (Å²) in [5, 5.41) is 2.69. The van der Waals surface area contributed by atoms with E-state index in [1.807, 2.05) is 0 Å². The molecular weight excluding hydrogens is 302 g/mol. The molecule has 3 aliphatic rings. The quantitative estimate of drug-likeness (QED) is 0.559. The molecule has 1 spiro atoms. The molecule has 25 heavy (non-hydrogen) atoms. The van der Waals surface area contributed by atoms with E-state index in [9.17, 15) is 0 Å². The van der Waals surface area contributed by atoms with Crippen LogP contribution in [0.25, 0.3) is 10.8 Å². The summed E-state index contributed by atoms with van der Waals surface area (Å²) in [7, 11) is 0. The number of fused-ring (bicyclic) bond motifs is 4. The molecule has 3 unspecified atom stereocenters. The van der Waals surface area contributed by atoms with Crippen LogP contribution in [0.3, 0.4) is 0 Å². The first-order valence-electron chi connectivity index (χ1n) is 9.05. The van der Waals surface area contributed by atoms with Gasteiger partial charge in [0.25, 0.3) is 0 Å². The van der Waals surface area contributed by atoms with E-state index in [1.165, 1.54) is 33.3 Å². The van der Waals surface area contributed by atoms with Gasteiger partial charge in [-0.3, -0.25) is 0 Å². The Morgan fingerprint density at radius 3 is 2.60 bits per heavy atom. The van der Waals surface area contributed by atoms with Crippen LogP contribution >= 0.6 is 0 Å². The monoisotopic (exact) mass is 321 g/mol. The van der Waals surface area contributed by atoms with E-state index in [2.05, 4.69) is 96.8 Å². The zero-order chi connectivity index (χ0) is 16.6. The molecule has 1 aliphatic heterocycles. The van der Waals surface area contributed by atoms with E-state index in [1.54, 1.807) is 0 Å². The summed E-state index contributed by atoms with van der Waals surface area (Å²) in [5.41, 5.74) is 5.68. The van der Waals surface area contributed by atoms with Crippen molar-refractivity contribution >= 4 is 22.1 Å². The normalized spacial score (nSPS) is 28.0. The van der Waals surface area contributed by atoms with Crippen molar-refractivity contribution in [2.24, 2.45) is 5.92 Å². The molecule has 0 radical (unpaired) electrons. The third-order valence-corrected chi connectivity index (χ3v) is 6.27. The predicted molar refractivity (Wildman–Crippen MR) is 105 cm³/mol. The molecule has 1 nitrogen and oxygen atoms in total. The Morgan fingerprint density at radius 2 is 1.72 bits per heavy atom. The number of allylic oxidation sites excluding steroid dienone is 2. The number of rotatable bonds is 1. The summed E-state index contributed by atoms with van der Waals surface area (Å²) in [4.78, 5) is 2.60. The molecule has 1 heterocycles. The SMILES string of the molecule is Cc1ccc(N2c3c(ccc4ccccc34)C34C=CC=CC3C24)cc1. The van der Waals surface area contributed by atoms with Crippen molar-refractivity contribution in [2.45, 2.75) is 18.4 Å². The molecule has 6 rings (SSSR count). The molecule has 3 atom stereocenters. The van der Waals surface area contributed by atoms with Gasteiger partial charge in [-0.2, -0.15) is 0 Å². The lowest BCUT2D eigenvalue weighted by Crippen LogP contribution is -2.19. The second-order valence-electron chi connectivity index (χ2n) is 7.54. The molecule has 0 bridgehead atoms. The van der Waals surface area contributed by atoms with Crippen LogP contribution in [0.15, 0.2) is 85.0 Å². The van der Waals surface area contributed by atoms with Crippen molar-refractivity contribution in [1.29, 1.82) is 0 Å². The van der Waals surface area contributed by atoms with Crippen LogP contribution < -0.4 is 4.90 Å². The average molecular weight is 321 g/mol. The van der Waals surface area contributed by atoms with Gasteiger partial charge in [-0.1, -0.05) is 78.4 Å². The molecule has 1 saturated carbocycles. The van der Waals surface area contributed by atoms with E-state index in [0.717, 1.165) is 0 Å². The van der Waals surface area contributed by atoms with Crippen LogP contribution in [0.1, 0.15) is 11.1 Å². The van der Waals surface area contributed by atoms with Crippen LogP contribution in [0.2, 0.25) is 0 Å². The third kappa shape index (κ3) is 1.54. The summed E-state index contributed by atoms with van der Waals surface area (Å²) in [5.74, 6) is 0.590. The molecule has 120 valence electrons. The molecule has 3 aromatic carbocycles. The van der Waals surface area contributed by atoms with Crippen LogP contribution in [-0.4, -0.2) is 6.04 Å². The Balaban J connectivity index is 1.67. The van der Waals surface area contributed by atoms with Crippen molar-refractivity contribution in [3.05, 3.63) is 96.1 Å². The fraction of sp³-hybridized carbons (Fsp3) is 0.167. The van der Waals surface area contributed by atoms with Gasteiger partial charge < -0.3 is 4.90 Å². The smallest absolute Gasteiger partial charge is 0.0556 e. The maximum absolute atomic E-state index is 2.60. The first-order valence-corrected chi connectivity index (χ1v) is 9.05. The lowest BCUT2D eigenvalue weighted by Gasteiger charge is -2.26. The zero-order valence-corrected chi connectivity index (χ0v) is 14.2. The van der Waals surface area contributed by atoms with Crippen LogP contribution in [0.4, 0.5) is 11.4 Å². The standard InChI is InChI=1S/C24H19N/c1-16-9-12-18(13-10-16)25-22-19-7-3-2-6-17(19)11-14-20(22)24-15-5-4-8-21(24)23(24)25/h2-15,21,23H,1H3. The fourth-order valence-corrected chi connectivity index (χ4v) is 5.09. The molecule has 0 saturated heterocycles. The lowest BCUT2D eigenvalue weighted by molar-refractivity contribution is 0.829. The summed E-state index contributed by atoms with van der Waals surface area (Å²) in [6.45, 7) is 2.15. The number of nitrogens with zero attached hydrogens (tertiary/aromatic N) is 1. The largest absolute Gasteiger partial charge is 0.336 e. The number of hydrogen-bond acceptors (Lipinski definition) is 1. The van der Waals surface area contributed by atoms with E-state index < -0.39 is 0 Å². The van der Waals surface area contributed by atoms with E-state index in [0.29, 0.717) is 12.0 Å². The van der Waals surface area contributed by atoms with Gasteiger partial charge in [-0.25, -0.2) is 0 Å². The Hall–Kier alpha value is -2.80. The highest BCUT2D eigenvalue weighted by Crippen LogP contribution is 2.70. The predicted octanol–water partition coefficient (Wildman–Crippen LogP) is 5.66. The first-order chi connectivity index (χ1) is 12.3. The van der Waals surface area contributed by atoms with Gasteiger partial charge in [0.15, 0.2) is 0 Å². The highest BCUT2D eigenvalue weighted by Gasteiger charge is 2.71. The molecule has 1 heteroatoms. The Labute approximate surface area is 147 Å². The van der Waals surface area contributed by atoms with Crippen LogP contribution in [-0.2, 0) is 5.41 Å². The Kier molecular flexibility index (Phi) is 2.39. The van der Waals surface area contributed by atoms with Gasteiger partial charge in [0.2, 0.25) is 0 Å². The second-order valence-corrected chi connectivity index (χ2v) is 7.54. The molecular formula is C24H19N. The maximum atomic E-state index is 2.60. The molecule has 2 aliphatic carbocycles. The van der Waals surface area contributed by atoms with Crippen molar-refractivity contribution in [3.8, 4) is 0 Å². The summed E-state index contributed by atoms with van der Waals surface area (Å²) >= 11 is 0. The van der Waals surface area contributed by atoms with Crippen molar-refractivity contribution < 1.29 is 0 Å². The van der Waals surface area contributed by atoms with Gasteiger partial charge in [0.05, 0.1) is 11.7 Å². The molecule has 0 N–H and O–H groups in total. The summed E-state index contributed by atoms with van der Waals surface area (Å²) in [6.07, 6.45) is 9.27. The summed E-state index contributed by atoms with van der Waals surface area (Å²) < 4.78 is 0. The molecule has 1 fully saturated rings. The average Bonchev–Trinajstić information content (AvgIpc) is 3.24. The van der Waals surface area contributed by atoms with E-state index >= 15 is 0 Å². The molecule has 3 aromatic rings. The van der Waals surface area contributed by atoms with Gasteiger partial charge >= 0.3 is 0 Å². The summed E-state index contributed by atoms with van der Waals surface area (Å²) in [6, 6.07) is 22.9.